The molecule has 6 nitrogen and oxygen atoms in total. The minimum Gasteiger partial charge on any atom is -0.282 e. The van der Waals surface area contributed by atoms with Gasteiger partial charge in [0, 0.05) is 12.4 Å². The molecule has 0 radical (unpaired) electrons. The Bertz CT molecular complexity index is 465. The third-order valence-electron chi connectivity index (χ3n) is 2.01. The molecule has 3 rings (SSSR count). The molecule has 0 spiro atoms. The highest BCUT2D eigenvalue weighted by Gasteiger charge is 2.09. The van der Waals surface area contributed by atoms with Crippen LogP contribution in [0.4, 0.5) is 0 Å². The topological polar surface area (TPSA) is 56.4 Å². The van der Waals surface area contributed by atoms with Crippen LogP contribution in [0.5, 0.6) is 0 Å². The molecular formula is C7H8N6. The quantitative estimate of drug-likeness (QED) is 0.625. The van der Waals surface area contributed by atoms with Crippen molar-refractivity contribution in [3.8, 4) is 5.82 Å². The Morgan fingerprint density at radius 2 is 2.38 bits per heavy atom. The van der Waals surface area contributed by atoms with Gasteiger partial charge in [-0.15, -0.1) is 4.80 Å². The SMILES string of the molecule is C1=Cn2nnn3[nH]cccc-3n2C1. The lowest BCUT2D eigenvalue weighted by molar-refractivity contribution is 0.436. The van der Waals surface area contributed by atoms with Crippen molar-refractivity contribution in [3.63, 3.8) is 0 Å². The smallest absolute Gasteiger partial charge is 0.171 e. The maximum atomic E-state index is 3.96. The summed E-state index contributed by atoms with van der Waals surface area (Å²) in [6.07, 6.45) is 5.73. The second-order valence-corrected chi connectivity index (χ2v) is 2.79. The molecule has 3 aliphatic heterocycles. The maximum Gasteiger partial charge on any atom is 0.171 e. The minimum atomic E-state index is 0.830. The number of fused-ring (bicyclic) bond motifs is 3. The standard InChI is InChI=1S/C7H8N6/c1-3-7-11-5-2-6-12(11)9-10-13(7)8-4-1/h1-4,6,8H,5H2. The van der Waals surface area contributed by atoms with Crippen molar-refractivity contribution in [2.45, 2.75) is 6.54 Å². The van der Waals surface area contributed by atoms with Crippen molar-refractivity contribution >= 4 is 6.20 Å². The number of aromatic nitrogens is 6. The van der Waals surface area contributed by atoms with Crippen molar-refractivity contribution < 1.29 is 0 Å². The molecule has 0 aliphatic carbocycles. The molecule has 0 unspecified atom stereocenters. The van der Waals surface area contributed by atoms with E-state index in [-0.39, 0.29) is 0 Å². The summed E-state index contributed by atoms with van der Waals surface area (Å²) in [7, 11) is 0. The van der Waals surface area contributed by atoms with Crippen LogP contribution in [0.1, 0.15) is 0 Å². The second kappa shape index (κ2) is 2.25. The minimum absolute atomic E-state index is 0.830. The predicted molar refractivity (Wildman–Crippen MR) is 45.8 cm³/mol. The Balaban J connectivity index is 2.39. The van der Waals surface area contributed by atoms with Gasteiger partial charge in [0.25, 0.3) is 0 Å². The van der Waals surface area contributed by atoms with Crippen LogP contribution >= 0.6 is 0 Å². The zero-order chi connectivity index (χ0) is 8.67. The van der Waals surface area contributed by atoms with Crippen molar-refractivity contribution in [2.75, 3.05) is 0 Å². The van der Waals surface area contributed by atoms with E-state index in [1.165, 1.54) is 0 Å². The zero-order valence-electron chi connectivity index (χ0n) is 6.83. The number of aromatic amines is 1. The summed E-state index contributed by atoms with van der Waals surface area (Å²) in [5.74, 6) is 0.975. The number of hydrogen-bond donors (Lipinski definition) is 1. The molecule has 1 N–H and O–H groups in total. The highest BCUT2D eigenvalue weighted by molar-refractivity contribution is 5.27. The van der Waals surface area contributed by atoms with Gasteiger partial charge in [-0.3, -0.25) is 5.10 Å². The summed E-state index contributed by atoms with van der Waals surface area (Å²) in [6.45, 7) is 0.830. The monoisotopic (exact) mass is 176 g/mol. The Kier molecular flexibility index (Phi) is 1.13. The molecule has 0 fully saturated rings. The van der Waals surface area contributed by atoms with Crippen LogP contribution in [0.15, 0.2) is 24.4 Å². The normalized spacial score (nSPS) is 13.5. The van der Waals surface area contributed by atoms with Gasteiger partial charge in [-0.2, -0.15) is 4.80 Å². The van der Waals surface area contributed by atoms with Gasteiger partial charge in [0.15, 0.2) is 5.82 Å². The molecule has 0 atom stereocenters. The molecule has 0 saturated carbocycles. The van der Waals surface area contributed by atoms with Crippen LogP contribution in [-0.4, -0.2) is 29.8 Å². The molecule has 6 heteroatoms. The van der Waals surface area contributed by atoms with E-state index in [4.69, 9.17) is 0 Å². The van der Waals surface area contributed by atoms with E-state index in [0.29, 0.717) is 0 Å². The average molecular weight is 176 g/mol. The van der Waals surface area contributed by atoms with Crippen molar-refractivity contribution in [2.24, 2.45) is 0 Å². The molecule has 0 aromatic rings. The van der Waals surface area contributed by atoms with Crippen LogP contribution < -0.4 is 0 Å². The van der Waals surface area contributed by atoms with Crippen LogP contribution in [-0.2, 0) is 6.54 Å². The molecular weight excluding hydrogens is 168 g/mol. The number of hydrogen-bond acceptors (Lipinski definition) is 2. The largest absolute Gasteiger partial charge is 0.282 e. The van der Waals surface area contributed by atoms with Gasteiger partial charge in [-0.25, -0.2) is 4.68 Å². The summed E-state index contributed by atoms with van der Waals surface area (Å²) in [4.78, 5) is 3.34. The lowest BCUT2D eigenvalue weighted by Crippen LogP contribution is -2.23. The molecule has 0 aromatic heterocycles. The van der Waals surface area contributed by atoms with Gasteiger partial charge < -0.3 is 0 Å². The number of nitrogens with zero attached hydrogens (tertiary/aromatic N) is 5. The van der Waals surface area contributed by atoms with Crippen LogP contribution in [0.2, 0.25) is 0 Å². The number of rotatable bonds is 0. The highest BCUT2D eigenvalue weighted by atomic mass is 15.7. The van der Waals surface area contributed by atoms with E-state index in [2.05, 4.69) is 15.5 Å². The Hall–Kier alpha value is -1.98. The lowest BCUT2D eigenvalue weighted by atomic mass is 10.5. The van der Waals surface area contributed by atoms with Gasteiger partial charge >= 0.3 is 0 Å². The van der Waals surface area contributed by atoms with E-state index in [9.17, 15) is 0 Å². The molecule has 0 amide bonds. The summed E-state index contributed by atoms with van der Waals surface area (Å²) < 4.78 is 2.00. The molecule has 3 aliphatic rings. The summed E-state index contributed by atoms with van der Waals surface area (Å²) >= 11 is 0. The average Bonchev–Trinajstić information content (AvgIpc) is 2.65. The summed E-state index contributed by atoms with van der Waals surface area (Å²) in [5.41, 5.74) is 0. The highest BCUT2D eigenvalue weighted by Crippen LogP contribution is 2.08. The van der Waals surface area contributed by atoms with Gasteiger partial charge in [0.2, 0.25) is 0 Å². The zero-order valence-corrected chi connectivity index (χ0v) is 6.83. The maximum absolute atomic E-state index is 3.96. The fourth-order valence-electron chi connectivity index (χ4n) is 1.41. The first kappa shape index (κ1) is 6.53. The van der Waals surface area contributed by atoms with Gasteiger partial charge in [-0.05, 0) is 28.6 Å². The van der Waals surface area contributed by atoms with E-state index >= 15 is 0 Å². The Morgan fingerprint density at radius 3 is 3.38 bits per heavy atom. The first-order valence-corrected chi connectivity index (χ1v) is 4.03. The molecule has 66 valence electrons. The van der Waals surface area contributed by atoms with Crippen LogP contribution in [0.25, 0.3) is 12.0 Å². The third-order valence-corrected chi connectivity index (χ3v) is 2.01. The van der Waals surface area contributed by atoms with Crippen molar-refractivity contribution in [3.05, 3.63) is 24.4 Å². The van der Waals surface area contributed by atoms with E-state index in [1.54, 1.807) is 9.59 Å². The second-order valence-electron chi connectivity index (χ2n) is 2.79. The Labute approximate surface area is 73.7 Å². The Morgan fingerprint density at radius 1 is 1.38 bits per heavy atom. The third kappa shape index (κ3) is 0.821. The van der Waals surface area contributed by atoms with Gasteiger partial charge in [-0.1, -0.05) is 0 Å². The fraction of sp³-hybridized carbons (Fsp3) is 0.143. The summed E-state index contributed by atoms with van der Waals surface area (Å²) in [5, 5.41) is 10.9. The first-order valence-electron chi connectivity index (χ1n) is 4.03. The number of nitrogens with one attached hydrogen (secondary N) is 1. The van der Waals surface area contributed by atoms with Crippen molar-refractivity contribution in [1.82, 2.24) is 29.8 Å². The van der Waals surface area contributed by atoms with E-state index in [0.717, 1.165) is 12.4 Å². The van der Waals surface area contributed by atoms with Gasteiger partial charge in [0.05, 0.1) is 6.54 Å². The fourth-order valence-corrected chi connectivity index (χ4v) is 1.41. The van der Waals surface area contributed by atoms with E-state index in [1.807, 2.05) is 35.3 Å². The van der Waals surface area contributed by atoms with Crippen LogP contribution in [0, 0.1) is 0 Å². The number of H-pyrrole nitrogens is 1. The number of allylic oxidation sites excluding steroid dienone is 1. The van der Waals surface area contributed by atoms with Crippen molar-refractivity contribution in [1.29, 1.82) is 0 Å². The molecule has 3 heterocycles. The van der Waals surface area contributed by atoms with Gasteiger partial charge in [0.1, 0.15) is 0 Å². The lowest BCUT2D eigenvalue weighted by Gasteiger charge is -2.14. The molecule has 0 saturated heterocycles. The molecule has 13 heavy (non-hydrogen) atoms. The van der Waals surface area contributed by atoms with Crippen LogP contribution in [0.3, 0.4) is 0 Å². The van der Waals surface area contributed by atoms with E-state index < -0.39 is 0 Å². The first-order chi connectivity index (χ1) is 6.45. The molecule has 0 aromatic carbocycles. The predicted octanol–water partition coefficient (Wildman–Crippen LogP) is 0.245. The molecule has 0 bridgehead atoms. The summed E-state index contributed by atoms with van der Waals surface area (Å²) in [6, 6.07) is 3.91.